The van der Waals surface area contributed by atoms with Gasteiger partial charge in [-0.05, 0) is 35.7 Å². The predicted octanol–water partition coefficient (Wildman–Crippen LogP) is 3.80. The summed E-state index contributed by atoms with van der Waals surface area (Å²) in [6.45, 7) is 0.813. The van der Waals surface area contributed by atoms with Crippen LogP contribution in [0.3, 0.4) is 0 Å². The van der Waals surface area contributed by atoms with E-state index in [-0.39, 0.29) is 18.5 Å². The first-order valence-corrected chi connectivity index (χ1v) is 9.44. The number of furan rings is 1. The molecule has 0 bridgehead atoms. The van der Waals surface area contributed by atoms with E-state index in [2.05, 4.69) is 27.8 Å². The molecule has 0 aliphatic heterocycles. The Morgan fingerprint density at radius 3 is 2.64 bits per heavy atom. The summed E-state index contributed by atoms with van der Waals surface area (Å²) in [7, 11) is 0. The second-order valence-corrected chi connectivity index (χ2v) is 6.70. The van der Waals surface area contributed by atoms with Crippen LogP contribution in [0.5, 0.6) is 0 Å². The molecule has 3 N–H and O–H groups in total. The monoisotopic (exact) mass is 373 g/mol. The first kappa shape index (κ1) is 18.1. The summed E-state index contributed by atoms with van der Waals surface area (Å²) >= 11 is 0. The molecule has 28 heavy (non-hydrogen) atoms. The van der Waals surface area contributed by atoms with Crippen molar-refractivity contribution in [1.29, 1.82) is 0 Å². The van der Waals surface area contributed by atoms with Gasteiger partial charge in [0.15, 0.2) is 0 Å². The van der Waals surface area contributed by atoms with Crippen molar-refractivity contribution in [2.75, 3.05) is 13.1 Å². The van der Waals surface area contributed by atoms with Gasteiger partial charge in [-0.1, -0.05) is 48.5 Å². The fourth-order valence-electron chi connectivity index (χ4n) is 3.42. The molecule has 2 aromatic carbocycles. The number of hydrogen-bond donors (Lipinski definition) is 3. The van der Waals surface area contributed by atoms with Crippen molar-refractivity contribution in [3.05, 3.63) is 96.1 Å². The Bertz CT molecular complexity index is 1020. The lowest BCUT2D eigenvalue weighted by Gasteiger charge is -2.17. The van der Waals surface area contributed by atoms with Gasteiger partial charge < -0.3 is 14.7 Å². The molecule has 0 saturated carbocycles. The summed E-state index contributed by atoms with van der Waals surface area (Å²) in [5.41, 5.74) is 3.39. The third kappa shape index (κ3) is 4.15. The second kappa shape index (κ2) is 8.59. The molecule has 142 valence electrons. The summed E-state index contributed by atoms with van der Waals surface area (Å²) in [5, 5.41) is 7.50. The highest BCUT2D eigenvalue weighted by Gasteiger charge is 2.17. The van der Waals surface area contributed by atoms with E-state index < -0.39 is 0 Å². The zero-order valence-electron chi connectivity index (χ0n) is 15.5. The molecule has 0 spiro atoms. The summed E-state index contributed by atoms with van der Waals surface area (Å²) < 4.78 is 5.56. The number of H-pyrrole nitrogens is 1. The summed E-state index contributed by atoms with van der Waals surface area (Å²) in [5.74, 6) is 0.755. The Morgan fingerprint density at radius 1 is 1.00 bits per heavy atom. The maximum absolute atomic E-state index is 12.3. The second-order valence-electron chi connectivity index (χ2n) is 6.70. The van der Waals surface area contributed by atoms with Gasteiger partial charge in [-0.15, -0.1) is 0 Å². The maximum Gasteiger partial charge on any atom is 0.233 e. The third-order valence-electron chi connectivity index (χ3n) is 4.82. The van der Waals surface area contributed by atoms with Crippen LogP contribution in [0.2, 0.25) is 0 Å². The SMILES string of the molecule is O=C(CN[C@@H](c1ccccc1)c1ccco1)NCCc1c[nH]c2ccccc12. The van der Waals surface area contributed by atoms with Crippen LogP contribution in [-0.4, -0.2) is 24.0 Å². The molecular weight excluding hydrogens is 350 g/mol. The van der Waals surface area contributed by atoms with Gasteiger partial charge in [-0.2, -0.15) is 0 Å². The minimum Gasteiger partial charge on any atom is -0.467 e. The molecule has 4 aromatic rings. The summed E-state index contributed by atoms with van der Waals surface area (Å²) in [4.78, 5) is 15.6. The van der Waals surface area contributed by atoms with Crippen molar-refractivity contribution in [2.45, 2.75) is 12.5 Å². The normalized spacial score (nSPS) is 12.1. The van der Waals surface area contributed by atoms with Gasteiger partial charge in [0, 0.05) is 23.6 Å². The van der Waals surface area contributed by atoms with Gasteiger partial charge >= 0.3 is 0 Å². The van der Waals surface area contributed by atoms with Gasteiger partial charge in [-0.25, -0.2) is 0 Å². The van der Waals surface area contributed by atoms with Crippen LogP contribution in [0.4, 0.5) is 0 Å². The van der Waals surface area contributed by atoms with Crippen molar-refractivity contribution in [2.24, 2.45) is 0 Å². The molecule has 1 atom stereocenters. The Morgan fingerprint density at radius 2 is 1.82 bits per heavy atom. The number of aromatic nitrogens is 1. The van der Waals surface area contributed by atoms with Crippen LogP contribution >= 0.6 is 0 Å². The number of para-hydroxylation sites is 1. The van der Waals surface area contributed by atoms with Gasteiger partial charge in [0.25, 0.3) is 0 Å². The van der Waals surface area contributed by atoms with Crippen molar-refractivity contribution in [1.82, 2.24) is 15.6 Å². The first-order chi connectivity index (χ1) is 13.8. The smallest absolute Gasteiger partial charge is 0.233 e. The van der Waals surface area contributed by atoms with E-state index >= 15 is 0 Å². The lowest BCUT2D eigenvalue weighted by molar-refractivity contribution is -0.120. The molecule has 0 aliphatic rings. The molecule has 5 nitrogen and oxygen atoms in total. The molecule has 5 heteroatoms. The van der Waals surface area contributed by atoms with Crippen molar-refractivity contribution < 1.29 is 9.21 Å². The minimum absolute atomic E-state index is 0.0349. The summed E-state index contributed by atoms with van der Waals surface area (Å²) in [6.07, 6.45) is 4.45. The van der Waals surface area contributed by atoms with Crippen LogP contribution in [0.15, 0.2) is 83.6 Å². The fraction of sp³-hybridized carbons (Fsp3) is 0.174. The number of fused-ring (bicyclic) bond motifs is 1. The number of nitrogens with one attached hydrogen (secondary N) is 3. The number of rotatable bonds is 8. The van der Waals surface area contributed by atoms with Crippen LogP contribution < -0.4 is 10.6 Å². The lowest BCUT2D eigenvalue weighted by atomic mass is 10.0. The molecule has 0 radical (unpaired) electrons. The average molecular weight is 373 g/mol. The number of hydrogen-bond acceptors (Lipinski definition) is 3. The van der Waals surface area contributed by atoms with Crippen LogP contribution in [0.1, 0.15) is 22.9 Å². The van der Waals surface area contributed by atoms with Gasteiger partial charge in [0.2, 0.25) is 5.91 Å². The Balaban J connectivity index is 1.31. The van der Waals surface area contributed by atoms with Crippen LogP contribution in [-0.2, 0) is 11.2 Å². The average Bonchev–Trinajstić information content (AvgIpc) is 3.40. The van der Waals surface area contributed by atoms with Crippen LogP contribution in [0, 0.1) is 0 Å². The fourth-order valence-corrected chi connectivity index (χ4v) is 3.42. The number of carbonyl (C=O) groups excluding carboxylic acids is 1. The van der Waals surface area contributed by atoms with E-state index in [4.69, 9.17) is 4.42 Å². The number of carbonyl (C=O) groups is 1. The lowest BCUT2D eigenvalue weighted by Crippen LogP contribution is -2.36. The highest BCUT2D eigenvalue weighted by molar-refractivity contribution is 5.83. The molecule has 0 fully saturated rings. The molecular formula is C23H23N3O2. The van der Waals surface area contributed by atoms with E-state index in [1.807, 2.05) is 60.8 Å². The summed E-state index contributed by atoms with van der Waals surface area (Å²) in [6, 6.07) is 21.8. The van der Waals surface area contributed by atoms with E-state index in [9.17, 15) is 4.79 Å². The van der Waals surface area contributed by atoms with E-state index in [1.54, 1.807) is 6.26 Å². The molecule has 1 amide bonds. The highest BCUT2D eigenvalue weighted by atomic mass is 16.3. The Kier molecular flexibility index (Phi) is 5.54. The standard InChI is InChI=1S/C23H23N3O2/c27-22(24-13-12-18-15-25-20-10-5-4-9-19(18)20)16-26-23(21-11-6-14-28-21)17-7-2-1-3-8-17/h1-11,14-15,23,25-26H,12-13,16H2,(H,24,27)/t23-/m0/s1. The third-order valence-corrected chi connectivity index (χ3v) is 4.82. The predicted molar refractivity (Wildman–Crippen MR) is 110 cm³/mol. The van der Waals surface area contributed by atoms with Crippen molar-refractivity contribution >= 4 is 16.8 Å². The van der Waals surface area contributed by atoms with E-state index in [0.717, 1.165) is 23.3 Å². The Hall–Kier alpha value is -3.31. The topological polar surface area (TPSA) is 70.1 Å². The number of aromatic amines is 1. The first-order valence-electron chi connectivity index (χ1n) is 9.44. The minimum atomic E-state index is -0.157. The van der Waals surface area contributed by atoms with Crippen LogP contribution in [0.25, 0.3) is 10.9 Å². The number of benzene rings is 2. The van der Waals surface area contributed by atoms with Crippen molar-refractivity contribution in [3.8, 4) is 0 Å². The van der Waals surface area contributed by atoms with E-state index in [0.29, 0.717) is 6.54 Å². The molecule has 0 unspecified atom stereocenters. The number of amides is 1. The van der Waals surface area contributed by atoms with Gasteiger partial charge in [-0.3, -0.25) is 10.1 Å². The quantitative estimate of drug-likeness (QED) is 0.440. The van der Waals surface area contributed by atoms with E-state index in [1.165, 1.54) is 10.9 Å². The molecule has 0 aliphatic carbocycles. The highest BCUT2D eigenvalue weighted by Crippen LogP contribution is 2.22. The molecule has 4 rings (SSSR count). The molecule has 2 aromatic heterocycles. The van der Waals surface area contributed by atoms with Gasteiger partial charge in [0.05, 0.1) is 18.8 Å². The molecule has 2 heterocycles. The maximum atomic E-state index is 12.3. The zero-order chi connectivity index (χ0) is 19.2. The largest absolute Gasteiger partial charge is 0.467 e. The molecule has 0 saturated heterocycles. The zero-order valence-corrected chi connectivity index (χ0v) is 15.5. The van der Waals surface area contributed by atoms with Gasteiger partial charge in [0.1, 0.15) is 5.76 Å². The Labute approximate surface area is 163 Å². The van der Waals surface area contributed by atoms with Crippen molar-refractivity contribution in [3.63, 3.8) is 0 Å².